The van der Waals surface area contributed by atoms with Gasteiger partial charge in [-0.2, -0.15) is 5.10 Å². The molecule has 0 aliphatic carbocycles. The van der Waals surface area contributed by atoms with Gasteiger partial charge in [0.2, 0.25) is 0 Å². The van der Waals surface area contributed by atoms with E-state index >= 15 is 0 Å². The minimum absolute atomic E-state index is 1.05. The summed E-state index contributed by atoms with van der Waals surface area (Å²) in [6.45, 7) is 8.48. The van der Waals surface area contributed by atoms with E-state index < -0.39 is 0 Å². The normalized spacial score (nSPS) is 15.8. The molecule has 0 bridgehead atoms. The molecule has 0 unspecified atom stereocenters. The van der Waals surface area contributed by atoms with Gasteiger partial charge in [-0.05, 0) is 26.0 Å². The molecule has 100 valence electrons. The van der Waals surface area contributed by atoms with E-state index in [2.05, 4.69) is 48.3 Å². The molecule has 0 radical (unpaired) electrons. The molecule has 0 spiro atoms. The van der Waals surface area contributed by atoms with Gasteiger partial charge in [0, 0.05) is 26.2 Å². The van der Waals surface area contributed by atoms with Crippen LogP contribution in [0.3, 0.4) is 0 Å². The van der Waals surface area contributed by atoms with Gasteiger partial charge in [0.1, 0.15) is 0 Å². The predicted molar refractivity (Wildman–Crippen MR) is 78.1 cm³/mol. The van der Waals surface area contributed by atoms with Crippen LogP contribution < -0.4 is 10.2 Å². The van der Waals surface area contributed by atoms with Gasteiger partial charge >= 0.3 is 0 Å². The molecule has 19 heavy (non-hydrogen) atoms. The molecule has 2 aromatic rings. The highest BCUT2D eigenvalue weighted by Gasteiger charge is 2.19. The lowest BCUT2D eigenvalue weighted by Gasteiger charge is -2.29. The maximum Gasteiger partial charge on any atom is 0.0834 e. The standard InChI is InChI=1S/C15H20N4/c1-12-15(18-10-8-16-9-11-18)13(2)19(17-12)14-6-4-3-5-7-14/h3-7,16H,8-11H2,1-2H3. The fourth-order valence-electron chi connectivity index (χ4n) is 2.80. The highest BCUT2D eigenvalue weighted by Crippen LogP contribution is 2.26. The van der Waals surface area contributed by atoms with Gasteiger partial charge in [-0.25, -0.2) is 4.68 Å². The Labute approximate surface area is 114 Å². The van der Waals surface area contributed by atoms with Crippen LogP contribution in [-0.4, -0.2) is 36.0 Å². The first-order chi connectivity index (χ1) is 9.27. The Kier molecular flexibility index (Phi) is 3.25. The maximum absolute atomic E-state index is 4.71. The molecular weight excluding hydrogens is 236 g/mol. The van der Waals surface area contributed by atoms with E-state index in [4.69, 9.17) is 5.10 Å². The van der Waals surface area contributed by atoms with E-state index in [1.165, 1.54) is 11.4 Å². The van der Waals surface area contributed by atoms with Crippen molar-refractivity contribution in [3.8, 4) is 5.69 Å². The zero-order valence-electron chi connectivity index (χ0n) is 11.6. The summed E-state index contributed by atoms with van der Waals surface area (Å²) in [5.41, 5.74) is 4.77. The number of para-hydroxylation sites is 1. The molecule has 1 aromatic heterocycles. The van der Waals surface area contributed by atoms with Crippen molar-refractivity contribution < 1.29 is 0 Å². The topological polar surface area (TPSA) is 33.1 Å². The number of hydrogen-bond acceptors (Lipinski definition) is 3. The average molecular weight is 256 g/mol. The van der Waals surface area contributed by atoms with Crippen molar-refractivity contribution in [3.63, 3.8) is 0 Å². The van der Waals surface area contributed by atoms with Crippen molar-refractivity contribution in [3.05, 3.63) is 41.7 Å². The molecule has 0 atom stereocenters. The lowest BCUT2D eigenvalue weighted by Crippen LogP contribution is -2.43. The summed E-state index contributed by atoms with van der Waals surface area (Å²) in [6.07, 6.45) is 0. The number of aryl methyl sites for hydroxylation is 1. The summed E-state index contributed by atoms with van der Waals surface area (Å²) in [7, 11) is 0. The number of hydrogen-bond donors (Lipinski definition) is 1. The first-order valence-corrected chi connectivity index (χ1v) is 6.84. The van der Waals surface area contributed by atoms with Crippen LogP contribution in [0.5, 0.6) is 0 Å². The van der Waals surface area contributed by atoms with Gasteiger partial charge in [0.25, 0.3) is 0 Å². The SMILES string of the molecule is Cc1nn(-c2ccccc2)c(C)c1N1CCNCC1. The van der Waals surface area contributed by atoms with Crippen LogP contribution in [0.2, 0.25) is 0 Å². The van der Waals surface area contributed by atoms with Crippen LogP contribution >= 0.6 is 0 Å². The summed E-state index contributed by atoms with van der Waals surface area (Å²) in [5.74, 6) is 0. The van der Waals surface area contributed by atoms with Gasteiger partial charge < -0.3 is 10.2 Å². The van der Waals surface area contributed by atoms with Gasteiger partial charge in [0.15, 0.2) is 0 Å². The fourth-order valence-corrected chi connectivity index (χ4v) is 2.80. The minimum atomic E-state index is 1.05. The largest absolute Gasteiger partial charge is 0.366 e. The van der Waals surface area contributed by atoms with Crippen LogP contribution in [0.1, 0.15) is 11.4 Å². The van der Waals surface area contributed by atoms with E-state index in [9.17, 15) is 0 Å². The van der Waals surface area contributed by atoms with Crippen molar-refractivity contribution >= 4 is 5.69 Å². The van der Waals surface area contributed by atoms with Crippen molar-refractivity contribution in [2.45, 2.75) is 13.8 Å². The van der Waals surface area contributed by atoms with E-state index in [1.807, 2.05) is 10.7 Å². The molecule has 1 aromatic carbocycles. The quantitative estimate of drug-likeness (QED) is 0.891. The van der Waals surface area contributed by atoms with Gasteiger partial charge in [-0.1, -0.05) is 18.2 Å². The Balaban J connectivity index is 2.00. The molecule has 3 rings (SSSR count). The highest BCUT2D eigenvalue weighted by molar-refractivity contribution is 5.57. The monoisotopic (exact) mass is 256 g/mol. The Morgan fingerprint density at radius 1 is 1.05 bits per heavy atom. The number of anilines is 1. The van der Waals surface area contributed by atoms with Gasteiger partial charge in [-0.3, -0.25) is 0 Å². The second-order valence-corrected chi connectivity index (χ2v) is 5.00. The second-order valence-electron chi connectivity index (χ2n) is 5.00. The third kappa shape index (κ3) is 2.24. The molecule has 2 heterocycles. The Hall–Kier alpha value is -1.81. The molecule has 0 saturated carbocycles. The van der Waals surface area contributed by atoms with E-state index in [1.54, 1.807) is 0 Å². The number of nitrogens with zero attached hydrogens (tertiary/aromatic N) is 3. The third-order valence-electron chi connectivity index (χ3n) is 3.69. The average Bonchev–Trinajstić information content (AvgIpc) is 2.76. The lowest BCUT2D eigenvalue weighted by atomic mass is 10.2. The van der Waals surface area contributed by atoms with Crippen molar-refractivity contribution in [2.24, 2.45) is 0 Å². The number of rotatable bonds is 2. The first kappa shape index (κ1) is 12.2. The number of benzene rings is 1. The first-order valence-electron chi connectivity index (χ1n) is 6.84. The minimum Gasteiger partial charge on any atom is -0.366 e. The molecule has 1 fully saturated rings. The van der Waals surface area contributed by atoms with Crippen molar-refractivity contribution in [1.29, 1.82) is 0 Å². The maximum atomic E-state index is 4.71. The zero-order chi connectivity index (χ0) is 13.2. The van der Waals surface area contributed by atoms with Crippen molar-refractivity contribution in [2.75, 3.05) is 31.1 Å². The molecule has 4 nitrogen and oxygen atoms in total. The van der Waals surface area contributed by atoms with Crippen molar-refractivity contribution in [1.82, 2.24) is 15.1 Å². The van der Waals surface area contributed by atoms with E-state index in [0.717, 1.165) is 37.6 Å². The van der Waals surface area contributed by atoms with Crippen LogP contribution in [0.4, 0.5) is 5.69 Å². The van der Waals surface area contributed by atoms with Crippen LogP contribution in [0, 0.1) is 13.8 Å². The van der Waals surface area contributed by atoms with Gasteiger partial charge in [0.05, 0.1) is 22.8 Å². The zero-order valence-corrected chi connectivity index (χ0v) is 11.6. The third-order valence-corrected chi connectivity index (χ3v) is 3.69. The fraction of sp³-hybridized carbons (Fsp3) is 0.400. The van der Waals surface area contributed by atoms with E-state index in [0.29, 0.717) is 0 Å². The van der Waals surface area contributed by atoms with Gasteiger partial charge in [-0.15, -0.1) is 0 Å². The Morgan fingerprint density at radius 2 is 1.74 bits per heavy atom. The van der Waals surface area contributed by atoms with Crippen LogP contribution in [-0.2, 0) is 0 Å². The summed E-state index contributed by atoms with van der Waals surface area (Å²) in [5, 5.41) is 8.10. The molecule has 1 N–H and O–H groups in total. The number of piperazine rings is 1. The Bertz CT molecular complexity index is 553. The molecule has 4 heteroatoms. The summed E-state index contributed by atoms with van der Waals surface area (Å²) in [4.78, 5) is 2.44. The number of nitrogens with one attached hydrogen (secondary N) is 1. The Morgan fingerprint density at radius 3 is 2.42 bits per heavy atom. The van der Waals surface area contributed by atoms with Crippen LogP contribution in [0.15, 0.2) is 30.3 Å². The predicted octanol–water partition coefficient (Wildman–Crippen LogP) is 1.90. The molecular formula is C15H20N4. The molecule has 1 aliphatic rings. The smallest absolute Gasteiger partial charge is 0.0834 e. The second kappa shape index (κ2) is 5.05. The summed E-state index contributed by atoms with van der Waals surface area (Å²) >= 11 is 0. The molecule has 1 saturated heterocycles. The van der Waals surface area contributed by atoms with E-state index in [-0.39, 0.29) is 0 Å². The summed E-state index contributed by atoms with van der Waals surface area (Å²) in [6, 6.07) is 10.3. The molecule has 1 aliphatic heterocycles. The molecule has 0 amide bonds. The highest BCUT2D eigenvalue weighted by atomic mass is 15.3. The number of aromatic nitrogens is 2. The van der Waals surface area contributed by atoms with Crippen LogP contribution in [0.25, 0.3) is 5.69 Å². The lowest BCUT2D eigenvalue weighted by molar-refractivity contribution is 0.587. The summed E-state index contributed by atoms with van der Waals surface area (Å²) < 4.78 is 2.05.